The van der Waals surface area contributed by atoms with Crippen molar-refractivity contribution in [2.45, 2.75) is 18.9 Å². The van der Waals surface area contributed by atoms with Crippen LogP contribution in [0.1, 0.15) is 23.3 Å². The molecule has 1 aliphatic heterocycles. The highest BCUT2D eigenvalue weighted by Crippen LogP contribution is 2.20. The molecular formula is C11H12BrN3O3. The Balaban J connectivity index is 2.17. The lowest BCUT2D eigenvalue weighted by Crippen LogP contribution is -2.41. The molecule has 0 aromatic carbocycles. The monoisotopic (exact) mass is 313 g/mol. The van der Waals surface area contributed by atoms with Crippen LogP contribution < -0.4 is 0 Å². The third-order valence-corrected chi connectivity index (χ3v) is 3.24. The number of carbonyl (C=O) groups excluding carboxylic acids is 2. The lowest BCUT2D eigenvalue weighted by molar-refractivity contribution is -0.145. The van der Waals surface area contributed by atoms with E-state index >= 15 is 0 Å². The van der Waals surface area contributed by atoms with Crippen LogP contribution in [-0.2, 0) is 9.53 Å². The van der Waals surface area contributed by atoms with Crippen LogP contribution in [0.2, 0.25) is 0 Å². The highest BCUT2D eigenvalue weighted by molar-refractivity contribution is 9.10. The molecule has 6 nitrogen and oxygen atoms in total. The number of nitrogens with zero attached hydrogens (tertiary/aromatic N) is 3. The van der Waals surface area contributed by atoms with Gasteiger partial charge in [0.15, 0.2) is 0 Å². The first-order valence-corrected chi connectivity index (χ1v) is 6.29. The maximum absolute atomic E-state index is 12.2. The molecule has 1 saturated heterocycles. The smallest absolute Gasteiger partial charge is 0.328 e. The minimum atomic E-state index is -0.507. The fourth-order valence-electron chi connectivity index (χ4n) is 1.96. The lowest BCUT2D eigenvalue weighted by Gasteiger charge is -2.21. The highest BCUT2D eigenvalue weighted by atomic mass is 79.9. The Labute approximate surface area is 112 Å². The van der Waals surface area contributed by atoms with Crippen LogP contribution in [0.4, 0.5) is 0 Å². The molecular weight excluding hydrogens is 302 g/mol. The highest BCUT2D eigenvalue weighted by Gasteiger charge is 2.35. The van der Waals surface area contributed by atoms with E-state index in [2.05, 4.69) is 25.9 Å². The molecule has 1 fully saturated rings. The summed E-state index contributed by atoms with van der Waals surface area (Å²) < 4.78 is 5.25. The van der Waals surface area contributed by atoms with Gasteiger partial charge in [0, 0.05) is 6.54 Å². The molecule has 1 unspecified atom stereocenters. The summed E-state index contributed by atoms with van der Waals surface area (Å²) in [5.74, 6) is -0.672. The zero-order valence-corrected chi connectivity index (χ0v) is 11.4. The van der Waals surface area contributed by atoms with E-state index in [1.165, 1.54) is 24.4 Å². The number of likely N-dealkylation sites (tertiary alicyclic amines) is 1. The van der Waals surface area contributed by atoms with E-state index in [0.29, 0.717) is 17.6 Å². The number of methoxy groups -OCH3 is 1. The van der Waals surface area contributed by atoms with E-state index in [4.69, 9.17) is 4.74 Å². The van der Waals surface area contributed by atoms with Crippen LogP contribution in [0.15, 0.2) is 17.0 Å². The molecule has 18 heavy (non-hydrogen) atoms. The molecule has 1 aromatic rings. The van der Waals surface area contributed by atoms with Crippen molar-refractivity contribution in [1.82, 2.24) is 14.9 Å². The SMILES string of the molecule is COC(=O)C1CCCN1C(=O)c1cnc(Br)cn1. The molecule has 2 rings (SSSR count). The molecule has 96 valence electrons. The van der Waals surface area contributed by atoms with Crippen molar-refractivity contribution in [1.29, 1.82) is 0 Å². The fraction of sp³-hybridized carbons (Fsp3) is 0.455. The average Bonchev–Trinajstić information content (AvgIpc) is 2.87. The minimum Gasteiger partial charge on any atom is -0.467 e. The van der Waals surface area contributed by atoms with Gasteiger partial charge in [0.2, 0.25) is 0 Å². The van der Waals surface area contributed by atoms with Crippen LogP contribution in [0.3, 0.4) is 0 Å². The van der Waals surface area contributed by atoms with Crippen LogP contribution in [0, 0.1) is 0 Å². The zero-order chi connectivity index (χ0) is 13.1. The van der Waals surface area contributed by atoms with E-state index in [1.807, 2.05) is 0 Å². The second-order valence-electron chi connectivity index (χ2n) is 3.90. The van der Waals surface area contributed by atoms with Gasteiger partial charge >= 0.3 is 5.97 Å². The number of halogens is 1. The maximum atomic E-state index is 12.2. The summed E-state index contributed by atoms with van der Waals surface area (Å²) in [6, 6.07) is -0.507. The Kier molecular flexibility index (Phi) is 3.90. The molecule has 0 saturated carbocycles. The number of carbonyl (C=O) groups is 2. The Hall–Kier alpha value is -1.50. The zero-order valence-electron chi connectivity index (χ0n) is 9.80. The molecule has 0 bridgehead atoms. The van der Waals surface area contributed by atoms with Gasteiger partial charge in [0.1, 0.15) is 16.3 Å². The van der Waals surface area contributed by atoms with Crippen molar-refractivity contribution >= 4 is 27.8 Å². The summed E-state index contributed by atoms with van der Waals surface area (Å²) in [4.78, 5) is 33.2. The van der Waals surface area contributed by atoms with Crippen molar-refractivity contribution < 1.29 is 14.3 Å². The summed E-state index contributed by atoms with van der Waals surface area (Å²) in [6.07, 6.45) is 4.26. The van der Waals surface area contributed by atoms with Crippen molar-refractivity contribution in [2.75, 3.05) is 13.7 Å². The largest absolute Gasteiger partial charge is 0.467 e. The average molecular weight is 314 g/mol. The van der Waals surface area contributed by atoms with E-state index in [1.54, 1.807) is 0 Å². The molecule has 0 aliphatic carbocycles. The van der Waals surface area contributed by atoms with E-state index in [-0.39, 0.29) is 17.6 Å². The van der Waals surface area contributed by atoms with E-state index < -0.39 is 6.04 Å². The van der Waals surface area contributed by atoms with Gasteiger partial charge in [-0.2, -0.15) is 0 Å². The fourth-order valence-corrected chi connectivity index (χ4v) is 2.17. The van der Waals surface area contributed by atoms with Gasteiger partial charge in [-0.15, -0.1) is 0 Å². The van der Waals surface area contributed by atoms with E-state index in [9.17, 15) is 9.59 Å². The second kappa shape index (κ2) is 5.43. The number of hydrogen-bond acceptors (Lipinski definition) is 5. The number of rotatable bonds is 2. The van der Waals surface area contributed by atoms with E-state index in [0.717, 1.165) is 6.42 Å². The first-order chi connectivity index (χ1) is 8.63. The van der Waals surface area contributed by atoms with Gasteiger partial charge in [-0.1, -0.05) is 0 Å². The maximum Gasteiger partial charge on any atom is 0.328 e. The normalized spacial score (nSPS) is 18.8. The van der Waals surface area contributed by atoms with Crippen molar-refractivity contribution in [3.8, 4) is 0 Å². The number of amides is 1. The summed E-state index contributed by atoms with van der Waals surface area (Å²) in [7, 11) is 1.32. The van der Waals surface area contributed by atoms with Gasteiger partial charge in [-0.05, 0) is 28.8 Å². The summed E-state index contributed by atoms with van der Waals surface area (Å²) in [5.41, 5.74) is 0.231. The van der Waals surface area contributed by atoms with Gasteiger partial charge < -0.3 is 9.64 Å². The molecule has 7 heteroatoms. The third kappa shape index (κ3) is 2.50. The Morgan fingerprint density at radius 2 is 2.22 bits per heavy atom. The van der Waals surface area contributed by atoms with Gasteiger partial charge in [-0.25, -0.2) is 14.8 Å². The number of hydrogen-bond donors (Lipinski definition) is 0. The predicted molar refractivity (Wildman–Crippen MR) is 65.8 cm³/mol. The molecule has 0 radical (unpaired) electrons. The summed E-state index contributed by atoms with van der Waals surface area (Å²) >= 11 is 3.15. The Bertz CT molecular complexity index is 463. The van der Waals surface area contributed by atoms with Crippen LogP contribution in [-0.4, -0.2) is 46.4 Å². The minimum absolute atomic E-state index is 0.231. The van der Waals surface area contributed by atoms with Crippen LogP contribution in [0.25, 0.3) is 0 Å². The molecule has 0 N–H and O–H groups in total. The summed E-state index contributed by atoms with van der Waals surface area (Å²) in [5, 5.41) is 0. The van der Waals surface area contributed by atoms with Crippen LogP contribution >= 0.6 is 15.9 Å². The van der Waals surface area contributed by atoms with Crippen molar-refractivity contribution in [3.05, 3.63) is 22.7 Å². The molecule has 0 spiro atoms. The van der Waals surface area contributed by atoms with Crippen molar-refractivity contribution in [3.63, 3.8) is 0 Å². The second-order valence-corrected chi connectivity index (χ2v) is 4.72. The number of esters is 1. The van der Waals surface area contributed by atoms with Gasteiger partial charge in [0.05, 0.1) is 19.5 Å². The number of aromatic nitrogens is 2. The predicted octanol–water partition coefficient (Wildman–Crippen LogP) is 1.02. The number of ether oxygens (including phenoxy) is 1. The molecule has 1 aromatic heterocycles. The topological polar surface area (TPSA) is 72.4 Å². The first kappa shape index (κ1) is 12.9. The van der Waals surface area contributed by atoms with Crippen molar-refractivity contribution in [2.24, 2.45) is 0 Å². The standard InChI is InChI=1S/C11H12BrN3O3/c1-18-11(17)8-3-2-4-15(8)10(16)7-5-14-9(12)6-13-7/h5-6,8H,2-4H2,1H3. The summed E-state index contributed by atoms with van der Waals surface area (Å²) in [6.45, 7) is 0.538. The quantitative estimate of drug-likeness (QED) is 0.762. The Morgan fingerprint density at radius 1 is 1.44 bits per heavy atom. The van der Waals surface area contributed by atoms with Gasteiger partial charge in [-0.3, -0.25) is 4.79 Å². The first-order valence-electron chi connectivity index (χ1n) is 5.50. The van der Waals surface area contributed by atoms with Crippen LogP contribution in [0.5, 0.6) is 0 Å². The molecule has 1 atom stereocenters. The lowest BCUT2D eigenvalue weighted by atomic mass is 10.2. The molecule has 2 heterocycles. The third-order valence-electron chi connectivity index (χ3n) is 2.83. The Morgan fingerprint density at radius 3 is 2.83 bits per heavy atom. The van der Waals surface area contributed by atoms with Gasteiger partial charge in [0.25, 0.3) is 5.91 Å². The molecule has 1 amide bonds. The molecule has 1 aliphatic rings.